The summed E-state index contributed by atoms with van der Waals surface area (Å²) in [5.41, 5.74) is 0. The third-order valence-electron chi connectivity index (χ3n) is 11.1. The highest BCUT2D eigenvalue weighted by molar-refractivity contribution is 7.47. The second-order valence-electron chi connectivity index (χ2n) is 18.7. The lowest BCUT2D eigenvalue weighted by Crippen LogP contribution is -2.37. The number of carbonyl (C=O) groups is 2. The fourth-order valence-electron chi connectivity index (χ4n) is 7.40. The normalized spacial score (nSPS) is 16.9. The number of hydrogen-bond acceptors (Lipinski definition) is 9. The van der Waals surface area contributed by atoms with Crippen LogP contribution >= 0.6 is 7.82 Å². The smallest absolute Gasteiger partial charge is 0.462 e. The van der Waals surface area contributed by atoms with Gasteiger partial charge in [0.05, 0.1) is 40.5 Å². The predicted octanol–water partition coefficient (Wildman–Crippen LogP) is 12.5. The fraction of sp³-hybridized carbons (Fsp3) is 0.957. The standard InChI is InChI=1S/C47H92NO10P/c1-7-8-9-10-11-12-13-14-15-18-21-24-27-30-33-36-45(49)53-40-44(42-56-59(51,52)55-39-38-48(4,5)6)57-46(50)37-34-31-28-25-22-19-16-17-20-23-26-29-32-35-43-41-54-47(2,3)58-43/h43-44H,7-42H2,1-6H3/p+1/t43?,44-/m1/s1. The van der Waals surface area contributed by atoms with Crippen LogP contribution in [-0.4, -0.2) is 93.4 Å². The maximum Gasteiger partial charge on any atom is 0.472 e. The van der Waals surface area contributed by atoms with Crippen molar-refractivity contribution in [3.63, 3.8) is 0 Å². The van der Waals surface area contributed by atoms with Gasteiger partial charge in [-0.15, -0.1) is 0 Å². The first kappa shape index (κ1) is 55.9. The van der Waals surface area contributed by atoms with E-state index in [0.29, 0.717) is 23.9 Å². The minimum absolute atomic E-state index is 0.0308. The zero-order valence-corrected chi connectivity index (χ0v) is 40.0. The summed E-state index contributed by atoms with van der Waals surface area (Å²) in [6.45, 7) is 6.87. The van der Waals surface area contributed by atoms with Crippen molar-refractivity contribution in [2.24, 2.45) is 0 Å². The number of quaternary nitrogens is 1. The molecule has 3 atom stereocenters. The Bertz CT molecular complexity index is 1070. The third kappa shape index (κ3) is 37.2. The van der Waals surface area contributed by atoms with Crippen molar-refractivity contribution < 1.29 is 51.5 Å². The van der Waals surface area contributed by atoms with E-state index in [1.165, 1.54) is 135 Å². The van der Waals surface area contributed by atoms with E-state index in [1.807, 2.05) is 35.0 Å². The molecule has 11 nitrogen and oxygen atoms in total. The van der Waals surface area contributed by atoms with Gasteiger partial charge in [0.15, 0.2) is 11.9 Å². The molecular weight excluding hydrogens is 769 g/mol. The molecule has 0 aliphatic carbocycles. The Morgan fingerprint density at radius 3 is 1.49 bits per heavy atom. The van der Waals surface area contributed by atoms with Crippen LogP contribution in [0, 0.1) is 0 Å². The molecule has 2 unspecified atom stereocenters. The minimum atomic E-state index is -4.38. The van der Waals surface area contributed by atoms with E-state index in [0.717, 1.165) is 51.6 Å². The van der Waals surface area contributed by atoms with Gasteiger partial charge in [0.2, 0.25) is 0 Å². The summed E-state index contributed by atoms with van der Waals surface area (Å²) < 4.78 is 45.9. The molecule has 0 spiro atoms. The first-order valence-electron chi connectivity index (χ1n) is 24.3. The van der Waals surface area contributed by atoms with Crippen LogP contribution in [0.2, 0.25) is 0 Å². The molecule has 0 bridgehead atoms. The van der Waals surface area contributed by atoms with Crippen molar-refractivity contribution in [1.82, 2.24) is 0 Å². The topological polar surface area (TPSA) is 127 Å². The van der Waals surface area contributed by atoms with E-state index in [2.05, 4.69) is 6.92 Å². The molecule has 0 aromatic carbocycles. The zero-order chi connectivity index (χ0) is 43.5. The third-order valence-corrected chi connectivity index (χ3v) is 12.1. The van der Waals surface area contributed by atoms with Gasteiger partial charge >= 0.3 is 19.8 Å². The molecule has 0 saturated carbocycles. The van der Waals surface area contributed by atoms with Gasteiger partial charge in [0.1, 0.15) is 19.8 Å². The van der Waals surface area contributed by atoms with Gasteiger partial charge < -0.3 is 28.3 Å². The zero-order valence-electron chi connectivity index (χ0n) is 39.1. The monoisotopic (exact) mass is 863 g/mol. The van der Waals surface area contributed by atoms with Crippen LogP contribution in [0.25, 0.3) is 0 Å². The molecule has 59 heavy (non-hydrogen) atoms. The first-order valence-corrected chi connectivity index (χ1v) is 25.8. The van der Waals surface area contributed by atoms with Crippen molar-refractivity contribution >= 4 is 19.8 Å². The molecule has 12 heteroatoms. The molecule has 0 amide bonds. The Balaban J connectivity index is 2.20. The Labute approximate surface area is 362 Å². The number of phosphoric acid groups is 1. The van der Waals surface area contributed by atoms with Crippen LogP contribution in [0.1, 0.15) is 220 Å². The second kappa shape index (κ2) is 35.4. The van der Waals surface area contributed by atoms with E-state index < -0.39 is 32.3 Å². The van der Waals surface area contributed by atoms with Crippen LogP contribution in [0.3, 0.4) is 0 Å². The van der Waals surface area contributed by atoms with Crippen molar-refractivity contribution in [2.45, 2.75) is 238 Å². The molecule has 1 heterocycles. The molecule has 1 fully saturated rings. The summed E-state index contributed by atoms with van der Waals surface area (Å²) >= 11 is 0. The maximum absolute atomic E-state index is 12.7. The molecule has 1 saturated heterocycles. The molecule has 1 aliphatic rings. The molecule has 0 radical (unpaired) electrons. The molecule has 350 valence electrons. The van der Waals surface area contributed by atoms with Crippen LogP contribution in [0.5, 0.6) is 0 Å². The van der Waals surface area contributed by atoms with Crippen LogP contribution in [0.15, 0.2) is 0 Å². The van der Waals surface area contributed by atoms with Crippen molar-refractivity contribution in [1.29, 1.82) is 0 Å². The molecule has 0 aromatic rings. The van der Waals surface area contributed by atoms with Gasteiger partial charge in [0, 0.05) is 12.8 Å². The summed E-state index contributed by atoms with van der Waals surface area (Å²) in [5.74, 6) is -1.21. The number of likely N-dealkylation sites (N-methyl/N-ethyl adjacent to an activating group) is 1. The van der Waals surface area contributed by atoms with Gasteiger partial charge in [-0.05, 0) is 33.1 Å². The molecule has 1 aliphatic heterocycles. The number of ether oxygens (including phenoxy) is 4. The minimum Gasteiger partial charge on any atom is -0.462 e. The van der Waals surface area contributed by atoms with Crippen LogP contribution in [0.4, 0.5) is 0 Å². The number of nitrogens with zero attached hydrogens (tertiary/aromatic N) is 1. The van der Waals surface area contributed by atoms with Gasteiger partial charge in [-0.3, -0.25) is 18.6 Å². The maximum atomic E-state index is 12.7. The predicted molar refractivity (Wildman–Crippen MR) is 239 cm³/mol. The van der Waals surface area contributed by atoms with Gasteiger partial charge in [-0.25, -0.2) is 4.57 Å². The quantitative estimate of drug-likeness (QED) is 0.0274. The van der Waals surface area contributed by atoms with Gasteiger partial charge in [0.25, 0.3) is 0 Å². The Morgan fingerprint density at radius 2 is 1.07 bits per heavy atom. The van der Waals surface area contributed by atoms with Crippen molar-refractivity contribution in [3.8, 4) is 0 Å². The SMILES string of the molecule is CCCCCCCCCCCCCCCCCC(=O)OC[C@H](COP(=O)(O)OCC[N+](C)(C)C)OC(=O)CCCCCCCCCCCCCCCC1COC(C)(C)O1. The lowest BCUT2D eigenvalue weighted by molar-refractivity contribution is -0.870. The fourth-order valence-corrected chi connectivity index (χ4v) is 8.14. The number of rotatable bonds is 42. The van der Waals surface area contributed by atoms with E-state index in [9.17, 15) is 19.0 Å². The number of unbranched alkanes of at least 4 members (excludes halogenated alkanes) is 26. The van der Waals surface area contributed by atoms with Crippen LogP contribution < -0.4 is 0 Å². The van der Waals surface area contributed by atoms with E-state index >= 15 is 0 Å². The average Bonchev–Trinajstić information content (AvgIpc) is 3.52. The highest BCUT2D eigenvalue weighted by Crippen LogP contribution is 2.43. The Morgan fingerprint density at radius 1 is 0.644 bits per heavy atom. The Kier molecular flexibility index (Phi) is 33.6. The van der Waals surface area contributed by atoms with E-state index in [-0.39, 0.29) is 31.7 Å². The largest absolute Gasteiger partial charge is 0.472 e. The number of esters is 2. The summed E-state index contributed by atoms with van der Waals surface area (Å²) in [7, 11) is 1.47. The summed E-state index contributed by atoms with van der Waals surface area (Å²) in [6.07, 6.45) is 35.0. The molecule has 0 aromatic heterocycles. The van der Waals surface area contributed by atoms with Gasteiger partial charge in [-0.1, -0.05) is 174 Å². The summed E-state index contributed by atoms with van der Waals surface area (Å²) in [6, 6.07) is 0. The van der Waals surface area contributed by atoms with Crippen molar-refractivity contribution in [2.75, 3.05) is 54.1 Å². The molecule has 1 rings (SSSR count). The van der Waals surface area contributed by atoms with E-state index in [4.69, 9.17) is 28.0 Å². The average molecular weight is 863 g/mol. The Hall–Kier alpha value is -1.07. The number of carbonyl (C=O) groups excluding carboxylic acids is 2. The van der Waals surface area contributed by atoms with Gasteiger partial charge in [-0.2, -0.15) is 0 Å². The lowest BCUT2D eigenvalue weighted by atomic mass is 10.0. The van der Waals surface area contributed by atoms with Crippen LogP contribution in [-0.2, 0) is 42.1 Å². The van der Waals surface area contributed by atoms with E-state index in [1.54, 1.807) is 0 Å². The highest BCUT2D eigenvalue weighted by Gasteiger charge is 2.32. The second-order valence-corrected chi connectivity index (χ2v) is 20.1. The van der Waals surface area contributed by atoms with Crippen molar-refractivity contribution in [3.05, 3.63) is 0 Å². The summed E-state index contributed by atoms with van der Waals surface area (Å²) in [4.78, 5) is 35.5. The molecular formula is C47H93NO10P+. The number of hydrogen-bond donors (Lipinski definition) is 1. The summed E-state index contributed by atoms with van der Waals surface area (Å²) in [5, 5.41) is 0. The molecule has 1 N–H and O–H groups in total. The lowest BCUT2D eigenvalue weighted by Gasteiger charge is -2.24. The highest BCUT2D eigenvalue weighted by atomic mass is 31.2. The first-order chi connectivity index (χ1) is 28.2. The number of phosphoric ester groups is 1.